The number of hydrogen-bond donors (Lipinski definition) is 0. The summed E-state index contributed by atoms with van der Waals surface area (Å²) in [6.45, 7) is 9.12. The molecule has 0 aliphatic rings. The van der Waals surface area contributed by atoms with E-state index in [4.69, 9.17) is 6.57 Å². The summed E-state index contributed by atoms with van der Waals surface area (Å²) in [5.74, 6) is 0. The van der Waals surface area contributed by atoms with Crippen molar-refractivity contribution in [3.63, 3.8) is 0 Å². The zero-order valence-corrected chi connectivity index (χ0v) is 4.07. The van der Waals surface area contributed by atoms with E-state index in [2.05, 4.69) is 11.8 Å². The fourth-order valence-electron chi connectivity index (χ4n) is 0.237. The van der Waals surface area contributed by atoms with Crippen LogP contribution in [0.5, 0.6) is 0 Å². The second-order valence-corrected chi connectivity index (χ2v) is 1.24. The van der Waals surface area contributed by atoms with Gasteiger partial charge in [-0.05, 0) is 6.42 Å². The molecule has 0 saturated carbocycles. The van der Waals surface area contributed by atoms with Crippen molar-refractivity contribution >= 4 is 0 Å². The van der Waals surface area contributed by atoms with Crippen LogP contribution in [0, 0.1) is 6.57 Å². The lowest BCUT2D eigenvalue weighted by Gasteiger charge is -1.70. The van der Waals surface area contributed by atoms with Gasteiger partial charge in [-0.1, -0.05) is 11.8 Å². The Bertz CT molecular complexity index is 51.4. The van der Waals surface area contributed by atoms with Crippen molar-refractivity contribution in [3.8, 4) is 0 Å². The molecule has 6 heavy (non-hydrogen) atoms. The van der Waals surface area contributed by atoms with Gasteiger partial charge in [0.05, 0.1) is 0 Å². The second-order valence-electron chi connectivity index (χ2n) is 1.24. The van der Waals surface area contributed by atoms with Crippen LogP contribution in [0.4, 0.5) is 0 Å². The lowest BCUT2D eigenvalue weighted by molar-refractivity contribution is 0.859. The fourth-order valence-corrected chi connectivity index (χ4v) is 0.237. The number of nitrogens with zero attached hydrogens (tertiary/aromatic N) is 1. The van der Waals surface area contributed by atoms with E-state index < -0.39 is 0 Å². The Balaban J connectivity index is 2.54. The molecule has 0 saturated heterocycles. The minimum absolute atomic E-state index is 0.705. The normalized spacial score (nSPS) is 7.33. The summed E-state index contributed by atoms with van der Waals surface area (Å²) >= 11 is 0. The molecule has 0 aromatic heterocycles. The molecular weight excluding hydrogens is 74.1 g/mol. The van der Waals surface area contributed by atoms with E-state index in [0.29, 0.717) is 6.54 Å². The van der Waals surface area contributed by atoms with Crippen molar-refractivity contribution in [1.29, 1.82) is 0 Å². The quantitative estimate of drug-likeness (QED) is 0.447. The van der Waals surface area contributed by atoms with Gasteiger partial charge < -0.3 is 0 Å². The van der Waals surface area contributed by atoms with Crippen LogP contribution in [-0.2, 0) is 0 Å². The molecule has 0 N–H and O–H groups in total. The fraction of sp³-hybridized carbons (Fsp3) is 0.800. The van der Waals surface area contributed by atoms with Crippen LogP contribution in [0.2, 0.25) is 0 Å². The van der Waals surface area contributed by atoms with Crippen molar-refractivity contribution in [2.45, 2.75) is 19.8 Å². The molecular formula is C5H9N+. The highest BCUT2D eigenvalue weighted by Crippen LogP contribution is 1.83. The monoisotopic (exact) mass is 83.1 g/mol. The van der Waals surface area contributed by atoms with Gasteiger partial charge in [-0.2, -0.15) is 0 Å². The molecule has 0 bridgehead atoms. The van der Waals surface area contributed by atoms with Crippen LogP contribution in [0.15, 0.2) is 0 Å². The predicted molar refractivity (Wildman–Crippen MR) is 26.4 cm³/mol. The van der Waals surface area contributed by atoms with Crippen molar-refractivity contribution in [1.82, 2.24) is 0 Å². The molecule has 1 heteroatoms. The summed E-state index contributed by atoms with van der Waals surface area (Å²) in [5.41, 5.74) is 0. The van der Waals surface area contributed by atoms with E-state index in [-0.39, 0.29) is 0 Å². The molecule has 0 aliphatic carbocycles. The lowest BCUT2D eigenvalue weighted by atomic mass is 10.3. The van der Waals surface area contributed by atoms with E-state index >= 15 is 0 Å². The SMILES string of the molecule is [C]#[N+]CCCC. The molecule has 0 aliphatic heterocycles. The Labute approximate surface area is 38.8 Å². The van der Waals surface area contributed by atoms with Crippen LogP contribution >= 0.6 is 0 Å². The Morgan fingerprint density at radius 3 is 2.50 bits per heavy atom. The van der Waals surface area contributed by atoms with Crippen molar-refractivity contribution in [2.24, 2.45) is 0 Å². The maximum Gasteiger partial charge on any atom is 0.445 e. The summed E-state index contributed by atoms with van der Waals surface area (Å²) in [6.07, 6.45) is 2.20. The number of hydrogen-bond acceptors (Lipinski definition) is 0. The third-order valence-electron chi connectivity index (χ3n) is 0.623. The van der Waals surface area contributed by atoms with Crippen LogP contribution in [0.1, 0.15) is 19.8 Å². The van der Waals surface area contributed by atoms with Crippen LogP contribution in [-0.4, -0.2) is 6.54 Å². The molecule has 1 nitrogen and oxygen atoms in total. The molecule has 0 atom stereocenters. The molecule has 0 unspecified atom stereocenters. The van der Waals surface area contributed by atoms with Gasteiger partial charge in [-0.3, -0.25) is 0 Å². The largest absolute Gasteiger partial charge is 0.445 e. The Morgan fingerprint density at radius 2 is 2.33 bits per heavy atom. The molecule has 0 heterocycles. The summed E-state index contributed by atoms with van der Waals surface area (Å²) < 4.78 is 0. The van der Waals surface area contributed by atoms with Crippen LogP contribution in [0.3, 0.4) is 0 Å². The van der Waals surface area contributed by atoms with Gasteiger partial charge in [0.15, 0.2) is 0 Å². The maximum absolute atomic E-state index is 6.33. The smallest absolute Gasteiger partial charge is 0.0651 e. The zero-order chi connectivity index (χ0) is 4.83. The third-order valence-corrected chi connectivity index (χ3v) is 0.623. The van der Waals surface area contributed by atoms with Crippen molar-refractivity contribution < 1.29 is 0 Å². The average Bonchev–Trinajstić information content (AvgIpc) is 1.61. The first-order valence-electron chi connectivity index (χ1n) is 2.25. The molecule has 33 valence electrons. The van der Waals surface area contributed by atoms with E-state index in [1.165, 1.54) is 0 Å². The van der Waals surface area contributed by atoms with Gasteiger partial charge in [0, 0.05) is 6.42 Å². The van der Waals surface area contributed by atoms with Crippen molar-refractivity contribution in [2.75, 3.05) is 6.54 Å². The van der Waals surface area contributed by atoms with Gasteiger partial charge in [-0.15, -0.1) is 0 Å². The Kier molecular flexibility index (Phi) is 4.11. The lowest BCUT2D eigenvalue weighted by Crippen LogP contribution is -1.70. The van der Waals surface area contributed by atoms with Gasteiger partial charge in [0.25, 0.3) is 6.54 Å². The molecule has 0 spiro atoms. The molecule has 0 fully saturated rings. The summed E-state index contributed by atoms with van der Waals surface area (Å²) in [6, 6.07) is 0. The third kappa shape index (κ3) is 3.49. The summed E-state index contributed by atoms with van der Waals surface area (Å²) in [4.78, 5) is 3.18. The summed E-state index contributed by atoms with van der Waals surface area (Å²) in [7, 11) is 0. The van der Waals surface area contributed by atoms with E-state index in [0.717, 1.165) is 12.8 Å². The van der Waals surface area contributed by atoms with Gasteiger partial charge in [0.1, 0.15) is 0 Å². The average molecular weight is 83.1 g/mol. The first-order chi connectivity index (χ1) is 2.91. The Morgan fingerprint density at radius 1 is 1.67 bits per heavy atom. The van der Waals surface area contributed by atoms with Crippen LogP contribution in [0.25, 0.3) is 4.85 Å². The first kappa shape index (κ1) is 5.49. The standard InChI is InChI=1S/C5H9N/c1-3-4-5-6-2/h3-5H2,1H3/q+1. The molecule has 0 rings (SSSR count). The summed E-state index contributed by atoms with van der Waals surface area (Å²) in [5, 5.41) is 0. The van der Waals surface area contributed by atoms with Gasteiger partial charge in [-0.25, -0.2) is 0 Å². The minimum atomic E-state index is 0.705. The minimum Gasteiger partial charge on any atom is -0.0651 e. The number of rotatable bonds is 2. The topological polar surface area (TPSA) is 4.36 Å². The van der Waals surface area contributed by atoms with E-state index in [9.17, 15) is 0 Å². The van der Waals surface area contributed by atoms with Crippen LogP contribution < -0.4 is 0 Å². The maximum atomic E-state index is 6.33. The highest BCUT2D eigenvalue weighted by atomic mass is 14.6. The molecule has 0 amide bonds. The highest BCUT2D eigenvalue weighted by molar-refractivity contribution is 4.55. The van der Waals surface area contributed by atoms with E-state index in [1.54, 1.807) is 0 Å². The zero-order valence-electron chi connectivity index (χ0n) is 4.07. The Hall–Kier alpha value is -0.510. The number of unbranched alkanes of at least 4 members (excludes halogenated alkanes) is 1. The van der Waals surface area contributed by atoms with Crippen molar-refractivity contribution in [3.05, 3.63) is 11.4 Å². The first-order valence-corrected chi connectivity index (χ1v) is 2.25. The molecule has 0 aromatic carbocycles. The van der Waals surface area contributed by atoms with E-state index in [1.807, 2.05) is 0 Å². The van der Waals surface area contributed by atoms with Gasteiger partial charge in [0.2, 0.25) is 0 Å². The van der Waals surface area contributed by atoms with Gasteiger partial charge >= 0.3 is 6.57 Å². The molecule has 0 aromatic rings. The predicted octanol–water partition coefficient (Wildman–Crippen LogP) is 1.71. The highest BCUT2D eigenvalue weighted by Gasteiger charge is 1.83. The second kappa shape index (κ2) is 4.49. The molecule has 1 radical (unpaired) electrons.